The smallest absolute Gasteiger partial charge is 0.310 e. The molecule has 1 aliphatic carbocycles. The van der Waals surface area contributed by atoms with Crippen LogP contribution in [0.25, 0.3) is 0 Å². The second-order valence-electron chi connectivity index (χ2n) is 5.46. The lowest BCUT2D eigenvalue weighted by atomic mass is 9.84. The first kappa shape index (κ1) is 11.9. The van der Waals surface area contributed by atoms with Gasteiger partial charge in [0.1, 0.15) is 6.10 Å². The molecule has 0 spiro atoms. The Morgan fingerprint density at radius 3 is 2.88 bits per heavy atom. The minimum atomic E-state index is -0.662. The largest absolute Gasteiger partial charge is 0.462 e. The van der Waals surface area contributed by atoms with Crippen LogP contribution in [0.2, 0.25) is 0 Å². The van der Waals surface area contributed by atoms with E-state index in [1.807, 2.05) is 13.8 Å². The average molecular weight is 227 g/mol. The molecule has 1 heterocycles. The van der Waals surface area contributed by atoms with Crippen molar-refractivity contribution < 1.29 is 14.6 Å². The molecule has 4 heteroatoms. The van der Waals surface area contributed by atoms with E-state index in [2.05, 4.69) is 5.32 Å². The van der Waals surface area contributed by atoms with Gasteiger partial charge in [0.2, 0.25) is 0 Å². The molecule has 0 amide bonds. The fraction of sp³-hybridized carbons (Fsp3) is 0.917. The number of esters is 1. The number of ether oxygens (including phenoxy) is 1. The number of hydrogen-bond acceptors (Lipinski definition) is 4. The van der Waals surface area contributed by atoms with Gasteiger partial charge in [0.25, 0.3) is 0 Å². The lowest BCUT2D eigenvalue weighted by Crippen LogP contribution is -2.38. The molecule has 1 aliphatic heterocycles. The van der Waals surface area contributed by atoms with Crippen LogP contribution in [-0.2, 0) is 9.53 Å². The second kappa shape index (κ2) is 4.34. The molecule has 0 aromatic heterocycles. The quantitative estimate of drug-likeness (QED) is 0.553. The third-order valence-corrected chi connectivity index (χ3v) is 3.61. The summed E-state index contributed by atoms with van der Waals surface area (Å²) in [7, 11) is 0. The van der Waals surface area contributed by atoms with Crippen molar-refractivity contribution >= 4 is 5.97 Å². The topological polar surface area (TPSA) is 68.5 Å². The van der Waals surface area contributed by atoms with Gasteiger partial charge in [-0.1, -0.05) is 6.92 Å². The molecule has 0 radical (unpaired) electrons. The van der Waals surface area contributed by atoms with E-state index in [-0.39, 0.29) is 18.0 Å². The van der Waals surface area contributed by atoms with Gasteiger partial charge in [0.15, 0.2) is 0 Å². The van der Waals surface area contributed by atoms with Crippen LogP contribution in [-0.4, -0.2) is 35.4 Å². The van der Waals surface area contributed by atoms with E-state index >= 15 is 0 Å². The Kier molecular flexibility index (Phi) is 3.22. The molecule has 2 fully saturated rings. The number of hydrogen-bond donors (Lipinski definition) is 2. The zero-order chi connectivity index (χ0) is 11.8. The maximum absolute atomic E-state index is 11.8. The summed E-state index contributed by atoms with van der Waals surface area (Å²) in [5.74, 6) is -0.190. The van der Waals surface area contributed by atoms with E-state index in [0.717, 1.165) is 25.8 Å². The summed E-state index contributed by atoms with van der Waals surface area (Å²) >= 11 is 0. The number of carbonyl (C=O) groups is 1. The lowest BCUT2D eigenvalue weighted by Gasteiger charge is -2.33. The SMILES string of the molecule is CC(C(=O)OC1CCCC(C)(O)C1)C1CN1. The Bertz CT molecular complexity index is 273. The Balaban J connectivity index is 1.82. The fourth-order valence-electron chi connectivity index (χ4n) is 2.36. The highest BCUT2D eigenvalue weighted by molar-refractivity contribution is 5.73. The molecule has 0 aromatic rings. The van der Waals surface area contributed by atoms with Crippen molar-refractivity contribution in [3.05, 3.63) is 0 Å². The van der Waals surface area contributed by atoms with Crippen LogP contribution in [0.3, 0.4) is 0 Å². The molecule has 92 valence electrons. The third-order valence-electron chi connectivity index (χ3n) is 3.61. The van der Waals surface area contributed by atoms with Gasteiger partial charge in [0, 0.05) is 19.0 Å². The zero-order valence-electron chi connectivity index (χ0n) is 10.0. The van der Waals surface area contributed by atoms with Crippen LogP contribution < -0.4 is 5.32 Å². The van der Waals surface area contributed by atoms with Gasteiger partial charge in [-0.2, -0.15) is 0 Å². The maximum Gasteiger partial charge on any atom is 0.310 e. The van der Waals surface area contributed by atoms with E-state index in [1.165, 1.54) is 0 Å². The van der Waals surface area contributed by atoms with Gasteiger partial charge in [-0.15, -0.1) is 0 Å². The summed E-state index contributed by atoms with van der Waals surface area (Å²) in [6.07, 6.45) is 3.09. The van der Waals surface area contributed by atoms with Crippen LogP contribution >= 0.6 is 0 Å². The van der Waals surface area contributed by atoms with Crippen molar-refractivity contribution in [3.8, 4) is 0 Å². The van der Waals surface area contributed by atoms with Crippen LogP contribution in [0.15, 0.2) is 0 Å². The molecular weight excluding hydrogens is 206 g/mol. The Labute approximate surface area is 96.4 Å². The number of nitrogens with one attached hydrogen (secondary N) is 1. The first-order valence-corrected chi connectivity index (χ1v) is 6.14. The lowest BCUT2D eigenvalue weighted by molar-refractivity contribution is -0.159. The number of aliphatic hydroxyl groups is 1. The molecular formula is C12H21NO3. The summed E-state index contributed by atoms with van der Waals surface area (Å²) in [5, 5.41) is 13.0. The molecule has 4 nitrogen and oxygen atoms in total. The normalized spacial score (nSPS) is 40.2. The van der Waals surface area contributed by atoms with E-state index < -0.39 is 5.60 Å². The standard InChI is InChI=1S/C12H21NO3/c1-8(10-7-13-10)11(14)16-9-4-3-5-12(2,15)6-9/h8-10,13,15H,3-7H2,1-2H3. The van der Waals surface area contributed by atoms with Crippen molar-refractivity contribution in [3.63, 3.8) is 0 Å². The molecule has 1 saturated carbocycles. The molecule has 2 N–H and O–H groups in total. The molecule has 16 heavy (non-hydrogen) atoms. The zero-order valence-corrected chi connectivity index (χ0v) is 10.0. The van der Waals surface area contributed by atoms with Crippen LogP contribution in [0, 0.1) is 5.92 Å². The Morgan fingerprint density at radius 2 is 2.31 bits per heavy atom. The number of carbonyl (C=O) groups excluding carboxylic acids is 1. The van der Waals surface area contributed by atoms with Gasteiger partial charge in [-0.25, -0.2) is 0 Å². The maximum atomic E-state index is 11.8. The minimum Gasteiger partial charge on any atom is -0.462 e. The van der Waals surface area contributed by atoms with E-state index in [9.17, 15) is 9.90 Å². The highest BCUT2D eigenvalue weighted by atomic mass is 16.5. The predicted molar refractivity (Wildman–Crippen MR) is 59.9 cm³/mol. The molecule has 4 unspecified atom stereocenters. The minimum absolute atomic E-state index is 0.0631. The Hall–Kier alpha value is -0.610. The molecule has 4 atom stereocenters. The third kappa shape index (κ3) is 2.95. The summed E-state index contributed by atoms with van der Waals surface area (Å²) in [4.78, 5) is 11.8. The average Bonchev–Trinajstić information content (AvgIpc) is 2.98. The van der Waals surface area contributed by atoms with E-state index in [4.69, 9.17) is 4.74 Å². The van der Waals surface area contributed by atoms with Crippen molar-refractivity contribution in [1.82, 2.24) is 5.32 Å². The molecule has 0 bridgehead atoms. The first-order valence-electron chi connectivity index (χ1n) is 6.14. The second-order valence-corrected chi connectivity index (χ2v) is 5.46. The highest BCUT2D eigenvalue weighted by Crippen LogP contribution is 2.30. The van der Waals surface area contributed by atoms with E-state index in [1.54, 1.807) is 0 Å². The molecule has 2 rings (SSSR count). The summed E-state index contributed by atoms with van der Waals surface area (Å²) in [6.45, 7) is 4.63. The summed E-state index contributed by atoms with van der Waals surface area (Å²) in [6, 6.07) is 0.302. The van der Waals surface area contributed by atoms with Crippen molar-refractivity contribution in [2.45, 2.75) is 57.3 Å². The van der Waals surface area contributed by atoms with Gasteiger partial charge in [-0.3, -0.25) is 4.79 Å². The monoisotopic (exact) mass is 227 g/mol. The predicted octanol–water partition coefficient (Wildman–Crippen LogP) is 0.831. The van der Waals surface area contributed by atoms with Crippen LogP contribution in [0.4, 0.5) is 0 Å². The highest BCUT2D eigenvalue weighted by Gasteiger charge is 2.36. The van der Waals surface area contributed by atoms with Gasteiger partial charge in [0.05, 0.1) is 11.5 Å². The van der Waals surface area contributed by atoms with Crippen LogP contribution in [0.5, 0.6) is 0 Å². The van der Waals surface area contributed by atoms with Crippen LogP contribution in [0.1, 0.15) is 39.5 Å². The molecule has 2 aliphatic rings. The van der Waals surface area contributed by atoms with Gasteiger partial charge < -0.3 is 15.2 Å². The van der Waals surface area contributed by atoms with Crippen molar-refractivity contribution in [2.75, 3.05) is 6.54 Å². The van der Waals surface area contributed by atoms with Gasteiger partial charge >= 0.3 is 5.97 Å². The molecule has 1 saturated heterocycles. The summed E-state index contributed by atoms with van der Waals surface area (Å²) < 4.78 is 5.45. The van der Waals surface area contributed by atoms with Crippen molar-refractivity contribution in [2.24, 2.45) is 5.92 Å². The fourth-order valence-corrected chi connectivity index (χ4v) is 2.36. The number of rotatable bonds is 3. The Morgan fingerprint density at radius 1 is 1.62 bits per heavy atom. The van der Waals surface area contributed by atoms with Gasteiger partial charge in [-0.05, 0) is 26.2 Å². The van der Waals surface area contributed by atoms with E-state index in [0.29, 0.717) is 12.5 Å². The molecule has 0 aromatic carbocycles. The summed E-state index contributed by atoms with van der Waals surface area (Å²) in [5.41, 5.74) is -0.662. The van der Waals surface area contributed by atoms with Crippen molar-refractivity contribution in [1.29, 1.82) is 0 Å². The first-order chi connectivity index (χ1) is 7.48.